The van der Waals surface area contributed by atoms with Gasteiger partial charge in [-0.15, -0.1) is 0 Å². The second-order valence-corrected chi connectivity index (χ2v) is 6.45. The molecule has 2 rings (SSSR count). The van der Waals surface area contributed by atoms with Gasteiger partial charge in [-0.25, -0.2) is 32.9 Å². The molecule has 1 aliphatic heterocycles. The number of carbonyl (C=O) groups excluding carboxylic acids is 1. The van der Waals surface area contributed by atoms with Crippen LogP contribution in [0.4, 0.5) is 4.79 Å². The topological polar surface area (TPSA) is 142 Å². The molecule has 1 fully saturated rings. The molecule has 158 valence electrons. The zero-order chi connectivity index (χ0) is 20.8. The van der Waals surface area contributed by atoms with Crippen molar-refractivity contribution in [2.45, 2.75) is 19.6 Å². The summed E-state index contributed by atoms with van der Waals surface area (Å²) in [5.74, 6) is 0. The molecule has 1 saturated heterocycles. The van der Waals surface area contributed by atoms with Crippen LogP contribution < -0.4 is 17.1 Å². The smallest absolute Gasteiger partial charge is 0.336 e. The summed E-state index contributed by atoms with van der Waals surface area (Å²) in [4.78, 5) is 53.9. The summed E-state index contributed by atoms with van der Waals surface area (Å²) in [5.41, 5.74) is -2.62. The molecule has 2 amide bonds. The van der Waals surface area contributed by atoms with Gasteiger partial charge in [0.2, 0.25) is 0 Å². The molecule has 0 atom stereocenters. The zero-order valence-corrected chi connectivity index (χ0v) is 16.0. The monoisotopic (exact) mass is 402 g/mol. The molecular formula is C15H26N6O7. The molecule has 2 heterocycles. The van der Waals surface area contributed by atoms with E-state index in [1.54, 1.807) is 7.05 Å². The first-order valence-electron chi connectivity index (χ1n) is 8.74. The van der Waals surface area contributed by atoms with Gasteiger partial charge in [-0.3, -0.25) is 9.80 Å². The van der Waals surface area contributed by atoms with E-state index in [0.717, 1.165) is 13.7 Å². The minimum absolute atomic E-state index is 0.0244. The number of aliphatic hydroxyl groups excluding tert-OH is 2. The number of rotatable bonds is 9. The number of aromatic nitrogens is 3. The molecule has 2 N–H and O–H groups in total. The van der Waals surface area contributed by atoms with E-state index in [0.29, 0.717) is 13.3 Å². The molecule has 1 aromatic heterocycles. The van der Waals surface area contributed by atoms with Crippen molar-refractivity contribution >= 4 is 6.03 Å². The Kier molecular flexibility index (Phi) is 7.51. The Morgan fingerprint density at radius 2 is 1.32 bits per heavy atom. The normalized spacial score (nSPS) is 15.5. The van der Waals surface area contributed by atoms with Crippen molar-refractivity contribution in [3.8, 4) is 0 Å². The first-order valence-corrected chi connectivity index (χ1v) is 8.74. The predicted octanol–water partition coefficient (Wildman–Crippen LogP) is -3.66. The van der Waals surface area contributed by atoms with Crippen LogP contribution in [0.5, 0.6) is 0 Å². The third-order valence-electron chi connectivity index (χ3n) is 4.20. The summed E-state index contributed by atoms with van der Waals surface area (Å²) < 4.78 is 7.71. The van der Waals surface area contributed by atoms with Crippen LogP contribution in [0.3, 0.4) is 0 Å². The van der Waals surface area contributed by atoms with Crippen molar-refractivity contribution in [2.75, 3.05) is 54.0 Å². The SMILES string of the molecule is CN1CN(C)C(=O)N(COCCn2c(=O)n(CCO)c(=O)n(CCO)c2=O)C1. The van der Waals surface area contributed by atoms with Crippen LogP contribution in [0.25, 0.3) is 0 Å². The Hall–Kier alpha value is -2.48. The lowest BCUT2D eigenvalue weighted by molar-refractivity contribution is -0.0167. The highest BCUT2D eigenvalue weighted by atomic mass is 16.5. The fourth-order valence-corrected chi connectivity index (χ4v) is 2.94. The highest BCUT2D eigenvalue weighted by molar-refractivity contribution is 5.74. The first kappa shape index (κ1) is 21.8. The number of urea groups is 1. The average Bonchev–Trinajstić information content (AvgIpc) is 2.65. The standard InChI is InChI=1S/C15H26N6O7/c1-16-9-17(2)12(24)18(10-16)11-28-8-5-21-14(26)19(3-6-22)13(25)20(4-7-23)15(21)27/h22-23H,3-11H2,1-2H3. The molecule has 0 spiro atoms. The summed E-state index contributed by atoms with van der Waals surface area (Å²) >= 11 is 0. The molecule has 0 aliphatic carbocycles. The maximum absolute atomic E-state index is 12.4. The Bertz CT molecular complexity index is 816. The fourth-order valence-electron chi connectivity index (χ4n) is 2.94. The lowest BCUT2D eigenvalue weighted by Gasteiger charge is -2.38. The fraction of sp³-hybridized carbons (Fsp3) is 0.733. The molecule has 0 saturated carbocycles. The maximum atomic E-state index is 12.4. The van der Waals surface area contributed by atoms with Crippen molar-refractivity contribution in [3.05, 3.63) is 31.5 Å². The number of carbonyl (C=O) groups is 1. The molecular weight excluding hydrogens is 376 g/mol. The van der Waals surface area contributed by atoms with Crippen molar-refractivity contribution in [1.29, 1.82) is 0 Å². The van der Waals surface area contributed by atoms with E-state index in [1.165, 1.54) is 9.80 Å². The van der Waals surface area contributed by atoms with Gasteiger partial charge in [-0.05, 0) is 7.05 Å². The van der Waals surface area contributed by atoms with E-state index in [1.807, 2.05) is 11.9 Å². The molecule has 28 heavy (non-hydrogen) atoms. The summed E-state index contributed by atoms with van der Waals surface area (Å²) in [7, 11) is 3.52. The van der Waals surface area contributed by atoms with Crippen LogP contribution in [0.1, 0.15) is 0 Å². The van der Waals surface area contributed by atoms with Gasteiger partial charge in [-0.2, -0.15) is 0 Å². The Morgan fingerprint density at radius 3 is 1.82 bits per heavy atom. The molecule has 0 radical (unpaired) electrons. The lowest BCUT2D eigenvalue weighted by Crippen LogP contribution is -2.56. The van der Waals surface area contributed by atoms with E-state index in [2.05, 4.69) is 0 Å². The van der Waals surface area contributed by atoms with Gasteiger partial charge >= 0.3 is 23.1 Å². The molecule has 0 aromatic carbocycles. The third-order valence-corrected chi connectivity index (χ3v) is 4.20. The molecule has 0 unspecified atom stereocenters. The van der Waals surface area contributed by atoms with Gasteiger partial charge in [0.15, 0.2) is 0 Å². The molecule has 1 aromatic rings. The van der Waals surface area contributed by atoms with E-state index in [4.69, 9.17) is 14.9 Å². The summed E-state index contributed by atoms with van der Waals surface area (Å²) in [6.07, 6.45) is 0. The van der Waals surface area contributed by atoms with E-state index in [9.17, 15) is 19.2 Å². The van der Waals surface area contributed by atoms with Crippen molar-refractivity contribution in [2.24, 2.45) is 0 Å². The minimum atomic E-state index is -0.889. The van der Waals surface area contributed by atoms with Crippen LogP contribution in [-0.4, -0.2) is 98.6 Å². The second-order valence-electron chi connectivity index (χ2n) is 6.45. The van der Waals surface area contributed by atoms with Gasteiger partial charge in [0.1, 0.15) is 6.73 Å². The second kappa shape index (κ2) is 9.64. The predicted molar refractivity (Wildman–Crippen MR) is 96.7 cm³/mol. The number of aliphatic hydroxyl groups is 2. The Labute approximate surface area is 160 Å². The van der Waals surface area contributed by atoms with Crippen LogP contribution in [0.15, 0.2) is 14.4 Å². The van der Waals surface area contributed by atoms with Gasteiger partial charge in [0.25, 0.3) is 0 Å². The van der Waals surface area contributed by atoms with E-state index in [-0.39, 0.29) is 39.0 Å². The van der Waals surface area contributed by atoms with Crippen LogP contribution in [0.2, 0.25) is 0 Å². The Morgan fingerprint density at radius 1 is 0.821 bits per heavy atom. The number of hydrogen-bond acceptors (Lipinski definition) is 8. The van der Waals surface area contributed by atoms with Crippen molar-refractivity contribution in [3.63, 3.8) is 0 Å². The quantitative estimate of drug-likeness (QED) is 0.403. The van der Waals surface area contributed by atoms with Crippen LogP contribution >= 0.6 is 0 Å². The highest BCUT2D eigenvalue weighted by Gasteiger charge is 2.25. The summed E-state index contributed by atoms with van der Waals surface area (Å²) in [6.45, 7) is -0.803. The number of ether oxygens (including phenoxy) is 1. The van der Waals surface area contributed by atoms with Gasteiger partial charge < -0.3 is 19.8 Å². The number of amides is 2. The van der Waals surface area contributed by atoms with E-state index >= 15 is 0 Å². The molecule has 13 heteroatoms. The molecule has 1 aliphatic rings. The highest BCUT2D eigenvalue weighted by Crippen LogP contribution is 2.06. The largest absolute Gasteiger partial charge is 0.395 e. The van der Waals surface area contributed by atoms with Crippen molar-refractivity contribution < 1.29 is 19.7 Å². The van der Waals surface area contributed by atoms with E-state index < -0.39 is 30.3 Å². The average molecular weight is 402 g/mol. The van der Waals surface area contributed by atoms with Crippen molar-refractivity contribution in [1.82, 2.24) is 28.4 Å². The van der Waals surface area contributed by atoms with Gasteiger partial charge in [-0.1, -0.05) is 0 Å². The molecule has 0 bridgehead atoms. The third kappa shape index (κ3) is 4.67. The number of hydrogen-bond donors (Lipinski definition) is 2. The Balaban J connectivity index is 2.11. The lowest BCUT2D eigenvalue weighted by atomic mass is 10.5. The zero-order valence-electron chi connectivity index (χ0n) is 16.0. The first-order chi connectivity index (χ1) is 13.3. The summed E-state index contributed by atoms with van der Waals surface area (Å²) in [6, 6.07) is -0.197. The molecule has 13 nitrogen and oxygen atoms in total. The van der Waals surface area contributed by atoms with Gasteiger partial charge in [0.05, 0.1) is 52.8 Å². The number of nitrogens with zero attached hydrogens (tertiary/aromatic N) is 6. The van der Waals surface area contributed by atoms with Crippen LogP contribution in [0, 0.1) is 0 Å². The summed E-state index contributed by atoms with van der Waals surface area (Å²) in [5, 5.41) is 18.1. The van der Waals surface area contributed by atoms with Gasteiger partial charge in [0, 0.05) is 7.05 Å². The maximum Gasteiger partial charge on any atom is 0.336 e. The minimum Gasteiger partial charge on any atom is -0.395 e. The van der Waals surface area contributed by atoms with Crippen LogP contribution in [-0.2, 0) is 24.4 Å².